The largest absolute Gasteiger partial charge is 0.516 e. The molecule has 3 unspecified atom stereocenters. The molecule has 0 spiro atoms. The van der Waals surface area contributed by atoms with E-state index in [-0.39, 0.29) is 36.8 Å². The van der Waals surface area contributed by atoms with Crippen LogP contribution in [0.25, 0.3) is 5.65 Å². The van der Waals surface area contributed by atoms with Gasteiger partial charge in [0.05, 0.1) is 25.1 Å². The predicted molar refractivity (Wildman–Crippen MR) is 165 cm³/mol. The van der Waals surface area contributed by atoms with E-state index in [9.17, 15) is 14.4 Å². The van der Waals surface area contributed by atoms with Gasteiger partial charge in [0.1, 0.15) is 22.5 Å². The minimum Gasteiger partial charge on any atom is -0.459 e. The summed E-state index contributed by atoms with van der Waals surface area (Å²) in [7, 11) is 0. The highest BCUT2D eigenvalue weighted by atomic mass is 16.7. The lowest BCUT2D eigenvalue weighted by atomic mass is 9.53. The van der Waals surface area contributed by atoms with Gasteiger partial charge in [0.2, 0.25) is 0 Å². The molecule has 3 aliphatic heterocycles. The summed E-state index contributed by atoms with van der Waals surface area (Å²) in [6.07, 6.45) is 1.97. The summed E-state index contributed by atoms with van der Waals surface area (Å²) in [5.41, 5.74) is 0.386. The van der Waals surface area contributed by atoms with Crippen molar-refractivity contribution in [1.82, 2.24) is 14.6 Å². The number of esters is 2. The first-order valence-corrected chi connectivity index (χ1v) is 15.6. The normalized spacial score (nSPS) is 27.5. The first-order valence-electron chi connectivity index (χ1n) is 15.6. The van der Waals surface area contributed by atoms with Crippen molar-refractivity contribution in [2.24, 2.45) is 17.3 Å². The second kappa shape index (κ2) is 10.8. The van der Waals surface area contributed by atoms with Gasteiger partial charge >= 0.3 is 18.1 Å². The molecule has 1 aromatic carbocycles. The number of nitrogens with zero attached hydrogens (tertiary/aromatic N) is 4. The number of rotatable bonds is 7. The fourth-order valence-electron chi connectivity index (χ4n) is 6.98. The predicted octanol–water partition coefficient (Wildman–Crippen LogP) is 5.12. The van der Waals surface area contributed by atoms with Crippen molar-refractivity contribution in [2.75, 3.05) is 31.2 Å². The third kappa shape index (κ3) is 5.34. The van der Waals surface area contributed by atoms with E-state index in [1.165, 1.54) is 5.56 Å². The zero-order valence-corrected chi connectivity index (χ0v) is 27.1. The van der Waals surface area contributed by atoms with Crippen molar-refractivity contribution in [1.29, 1.82) is 0 Å². The monoisotopic (exact) mass is 618 g/mol. The van der Waals surface area contributed by atoms with Crippen LogP contribution in [0, 0.1) is 24.2 Å². The molecule has 4 fully saturated rings. The SMILES string of the molecule is Cc1cc(N2CC[C@](C)(c3ccccc3)C2)cn2nc(C34CC(C(=O)OC(C)(C)C)(CO3)C4C(=O)OC(=O)OCC(C)C)nc12. The molecule has 1 saturated carbocycles. The van der Waals surface area contributed by atoms with Gasteiger partial charge in [-0.1, -0.05) is 51.1 Å². The van der Waals surface area contributed by atoms with Crippen molar-refractivity contribution in [3.05, 3.63) is 59.5 Å². The standard InChI is InChI=1S/C34H42N4O7/c1-21(2)17-42-30(41)44-27(39)25-33(29(40)45-31(4,5)6)18-34(25,43-20-33)28-35-26-22(3)15-24(16-38(26)36-28)37-14-13-32(7,19-37)23-11-9-8-10-12-23/h8-12,15-16,21,25H,13-14,17-20H2,1-7H3/t25?,32-,33?,34?/m0/s1. The summed E-state index contributed by atoms with van der Waals surface area (Å²) < 4.78 is 23.9. The van der Waals surface area contributed by atoms with Crippen molar-refractivity contribution in [3.8, 4) is 0 Å². The number of carbonyl (C=O) groups is 3. The van der Waals surface area contributed by atoms with Gasteiger partial charge < -0.3 is 23.8 Å². The second-order valence-electron chi connectivity index (χ2n) is 14.5. The van der Waals surface area contributed by atoms with Crippen LogP contribution in [-0.4, -0.2) is 64.6 Å². The molecule has 7 rings (SSSR count). The number of fused-ring (bicyclic) bond motifs is 2. The zero-order valence-electron chi connectivity index (χ0n) is 27.1. The fourth-order valence-corrected chi connectivity index (χ4v) is 6.98. The first kappa shape index (κ1) is 31.0. The molecule has 45 heavy (non-hydrogen) atoms. The van der Waals surface area contributed by atoms with Gasteiger partial charge in [0.15, 0.2) is 11.5 Å². The maximum atomic E-state index is 13.6. The van der Waals surface area contributed by atoms with E-state index in [1.807, 2.05) is 33.0 Å². The molecule has 3 aromatic rings. The Morgan fingerprint density at radius 3 is 2.58 bits per heavy atom. The lowest BCUT2D eigenvalue weighted by molar-refractivity contribution is -0.195. The van der Waals surface area contributed by atoms with E-state index in [4.69, 9.17) is 29.0 Å². The molecule has 3 saturated heterocycles. The number of ether oxygens (including phenoxy) is 4. The van der Waals surface area contributed by atoms with Crippen LogP contribution in [0.5, 0.6) is 0 Å². The van der Waals surface area contributed by atoms with Gasteiger partial charge in [0, 0.05) is 24.9 Å². The number of hydrogen-bond donors (Lipinski definition) is 0. The third-order valence-electron chi connectivity index (χ3n) is 9.23. The molecular formula is C34H42N4O7. The Balaban J connectivity index is 1.31. The van der Waals surface area contributed by atoms with Crippen molar-refractivity contribution in [2.45, 2.75) is 77.9 Å². The molecule has 2 bridgehead atoms. The van der Waals surface area contributed by atoms with E-state index < -0.39 is 40.6 Å². The van der Waals surface area contributed by atoms with Crippen LogP contribution in [0.4, 0.5) is 10.5 Å². The van der Waals surface area contributed by atoms with Crippen molar-refractivity contribution >= 4 is 29.4 Å². The Bertz CT molecular complexity index is 1650. The summed E-state index contributed by atoms with van der Waals surface area (Å²) in [6.45, 7) is 15.0. The average molecular weight is 619 g/mol. The van der Waals surface area contributed by atoms with Gasteiger partial charge in [-0.15, -0.1) is 5.10 Å². The Morgan fingerprint density at radius 1 is 1.16 bits per heavy atom. The van der Waals surface area contributed by atoms with E-state index in [0.717, 1.165) is 30.8 Å². The number of anilines is 1. The third-order valence-corrected chi connectivity index (χ3v) is 9.23. The fraction of sp³-hybridized carbons (Fsp3) is 0.559. The summed E-state index contributed by atoms with van der Waals surface area (Å²) in [4.78, 5) is 46.7. The maximum absolute atomic E-state index is 13.6. The van der Waals surface area contributed by atoms with E-state index in [0.29, 0.717) is 5.65 Å². The van der Waals surface area contributed by atoms with E-state index >= 15 is 0 Å². The molecule has 0 radical (unpaired) electrons. The number of aromatic nitrogens is 3. The quantitative estimate of drug-likeness (QED) is 0.261. The molecule has 4 atom stereocenters. The van der Waals surface area contributed by atoms with Gasteiger partial charge in [0.25, 0.3) is 0 Å². The Morgan fingerprint density at radius 2 is 1.89 bits per heavy atom. The van der Waals surface area contributed by atoms with Crippen LogP contribution in [0.1, 0.15) is 71.3 Å². The van der Waals surface area contributed by atoms with Crippen molar-refractivity contribution < 1.29 is 33.3 Å². The van der Waals surface area contributed by atoms with Gasteiger partial charge in [-0.2, -0.15) is 0 Å². The Hall–Kier alpha value is -3.99. The summed E-state index contributed by atoms with van der Waals surface area (Å²) >= 11 is 0. The topological polar surface area (TPSA) is 122 Å². The number of benzene rings is 1. The number of pyridine rings is 1. The molecular weight excluding hydrogens is 576 g/mol. The molecule has 11 heteroatoms. The van der Waals surface area contributed by atoms with E-state index in [1.54, 1.807) is 25.3 Å². The zero-order chi connectivity index (χ0) is 32.4. The second-order valence-corrected chi connectivity index (χ2v) is 14.5. The van der Waals surface area contributed by atoms with Gasteiger partial charge in [-0.25, -0.2) is 14.3 Å². The van der Waals surface area contributed by atoms with Gasteiger partial charge in [-0.3, -0.25) is 9.59 Å². The van der Waals surface area contributed by atoms with Crippen LogP contribution in [-0.2, 0) is 39.6 Å². The molecule has 1 aliphatic carbocycles. The molecule has 0 amide bonds. The molecule has 11 nitrogen and oxygen atoms in total. The van der Waals surface area contributed by atoms with Crippen LogP contribution < -0.4 is 4.90 Å². The summed E-state index contributed by atoms with van der Waals surface area (Å²) in [6, 6.07) is 12.7. The number of aryl methyl sites for hydroxylation is 1. The highest BCUT2D eigenvalue weighted by molar-refractivity contribution is 5.94. The lowest BCUT2D eigenvalue weighted by Gasteiger charge is -2.47. The first-order chi connectivity index (χ1) is 21.2. The highest BCUT2D eigenvalue weighted by Crippen LogP contribution is 2.67. The van der Waals surface area contributed by atoms with Gasteiger partial charge in [-0.05, 0) is 57.2 Å². The number of carbonyl (C=O) groups excluding carboxylic acids is 3. The van der Waals surface area contributed by atoms with Crippen LogP contribution in [0.15, 0.2) is 42.6 Å². The Labute approximate surface area is 263 Å². The van der Waals surface area contributed by atoms with Crippen LogP contribution in [0.3, 0.4) is 0 Å². The highest BCUT2D eigenvalue weighted by Gasteiger charge is 2.80. The molecule has 0 N–H and O–H groups in total. The molecule has 240 valence electrons. The minimum atomic E-state index is -1.36. The molecule has 4 aliphatic rings. The maximum Gasteiger partial charge on any atom is 0.516 e. The van der Waals surface area contributed by atoms with E-state index in [2.05, 4.69) is 42.2 Å². The summed E-state index contributed by atoms with van der Waals surface area (Å²) in [5.74, 6) is -2.38. The minimum absolute atomic E-state index is 0.0229. The summed E-state index contributed by atoms with van der Waals surface area (Å²) in [5, 5.41) is 4.81. The molecule has 5 heterocycles. The average Bonchev–Trinajstić information content (AvgIpc) is 3.73. The number of hydrogen-bond acceptors (Lipinski definition) is 10. The lowest BCUT2D eigenvalue weighted by Crippen LogP contribution is -2.61. The smallest absolute Gasteiger partial charge is 0.459 e. The van der Waals surface area contributed by atoms with Crippen LogP contribution >= 0.6 is 0 Å². The Kier molecular flexibility index (Phi) is 7.46. The van der Waals surface area contributed by atoms with Crippen LogP contribution in [0.2, 0.25) is 0 Å². The molecule has 2 aromatic heterocycles. The van der Waals surface area contributed by atoms with Crippen molar-refractivity contribution in [3.63, 3.8) is 0 Å².